The van der Waals surface area contributed by atoms with Gasteiger partial charge in [0.25, 0.3) is 0 Å². The van der Waals surface area contributed by atoms with Crippen LogP contribution >= 0.6 is 23.5 Å². The van der Waals surface area contributed by atoms with Crippen LogP contribution in [0.5, 0.6) is 0 Å². The smallest absolute Gasteiger partial charge is 0.338 e. The number of thioether (sulfide) groups is 2. The molecule has 120 heavy (non-hydrogen) atoms. The van der Waals surface area contributed by atoms with E-state index in [0.717, 1.165) is 104 Å². The van der Waals surface area contributed by atoms with E-state index in [9.17, 15) is 28.0 Å². The molecule has 0 unspecified atom stereocenters. The maximum atomic E-state index is 13.4. The highest BCUT2D eigenvalue weighted by Crippen LogP contribution is 2.42. The van der Waals surface area contributed by atoms with Crippen LogP contribution in [0.25, 0.3) is 111 Å². The molecule has 20 nitrogen and oxygen atoms in total. The Hall–Kier alpha value is -12.5. The molecule has 0 atom stereocenters. The number of anilines is 4. The minimum atomic E-state index is -0.389. The molecule has 17 rings (SSSR count). The molecule has 0 amide bonds. The zero-order valence-electron chi connectivity index (χ0n) is 69.5. The van der Waals surface area contributed by atoms with E-state index in [4.69, 9.17) is 58.2 Å². The first-order valence-corrected chi connectivity index (χ1v) is 41.9. The number of hydrogen-bond donors (Lipinski definition) is 0. The summed E-state index contributed by atoms with van der Waals surface area (Å²) in [7, 11) is 7.99. The lowest BCUT2D eigenvalue weighted by atomic mass is 10.1. The summed E-state index contributed by atoms with van der Waals surface area (Å²) in [5.74, 6) is 3.60. The van der Waals surface area contributed by atoms with Crippen molar-refractivity contribution in [2.24, 2.45) is 0 Å². The standard InChI is InChI=1S/C28H23N3O2S.C25H25N3O2S.C22H24FN3O2.C21H22FN3O2/c1-31(21-12-13-21)27-26(25-16-19-9-5-6-10-24(19)33-25)29-22-14-11-20(15-23(22)30-27)28(32)34-17-18-7-3-2-4-8-18;1-25(2,3)31-24(29)16-9-12-18-19(13-16)27-23(28(4)17-10-11-17)22(26-18)21-14-15-7-5-6-8-20(15)30-21;1-13(2)26(5)21-20(15-6-9-17(23)10-7-15)24-18-11-8-16(12-19(18)25-21)22(27)28-14(3)4;1-5-27-21(26)15-8-11-17-18(12-15)24-20(25(4)13(2)3)19(23-17)14-6-9-16(22)10-7-14/h2-11,14-16,21H,12-13,17H2,1H3;5-9,12-14,17H,10-11H2,1-4H3;6-14H,1-5H3;6-13H,5H2,1-4H3. The molecule has 2 aliphatic rings. The average molecular weight is 1650 g/mol. The Bertz CT molecular complexity index is 6230. The fourth-order valence-corrected chi connectivity index (χ4v) is 14.8. The molecule has 0 radical (unpaired) electrons. The van der Waals surface area contributed by atoms with Crippen LogP contribution in [0.1, 0.15) is 142 Å². The fraction of sp³-hybridized carbons (Fsp3) is 0.271. The molecule has 0 N–H and O–H groups in total. The lowest BCUT2D eigenvalue weighted by Crippen LogP contribution is -2.27. The Labute approximate surface area is 704 Å². The normalized spacial score (nSPS) is 12.6. The van der Waals surface area contributed by atoms with Crippen LogP contribution < -0.4 is 19.6 Å². The molecule has 24 heteroatoms. The molecule has 0 aliphatic heterocycles. The second-order valence-corrected chi connectivity index (χ2v) is 34.3. The highest BCUT2D eigenvalue weighted by Gasteiger charge is 2.33. The van der Waals surface area contributed by atoms with Crippen molar-refractivity contribution in [3.8, 4) is 45.4 Å². The second kappa shape index (κ2) is 36.4. The summed E-state index contributed by atoms with van der Waals surface area (Å²) in [5, 5.41) is 2.16. The number of ether oxygens (including phenoxy) is 2. The molecule has 0 bridgehead atoms. The zero-order chi connectivity index (χ0) is 84.8. The summed E-state index contributed by atoms with van der Waals surface area (Å²) in [5.41, 5.74) is 14.8. The van der Waals surface area contributed by atoms with Crippen LogP contribution in [0.3, 0.4) is 0 Å². The number of aromatic nitrogens is 8. The number of nitrogens with zero attached hydrogens (tertiary/aromatic N) is 12. The van der Waals surface area contributed by atoms with Crippen LogP contribution in [0.2, 0.25) is 0 Å². The average Bonchev–Trinajstić information content (AvgIpc) is 1.46. The zero-order valence-corrected chi connectivity index (χ0v) is 71.2. The summed E-state index contributed by atoms with van der Waals surface area (Å²) < 4.78 is 49.2. The third-order valence-electron chi connectivity index (χ3n) is 20.4. The number of benzene rings is 9. The van der Waals surface area contributed by atoms with Crippen molar-refractivity contribution in [3.05, 3.63) is 252 Å². The predicted octanol–water partition coefficient (Wildman–Crippen LogP) is 22.3. The molecule has 15 aromatic rings. The topological polar surface area (TPSA) is 229 Å². The minimum absolute atomic E-state index is 0.0333. The summed E-state index contributed by atoms with van der Waals surface area (Å²) in [4.78, 5) is 97.1. The number of carbonyl (C=O) groups excluding carboxylic acids is 4. The number of para-hydroxylation sites is 2. The van der Waals surface area contributed by atoms with Crippen molar-refractivity contribution in [2.75, 3.05) is 54.4 Å². The number of halogens is 2. The Morgan fingerprint density at radius 1 is 0.433 bits per heavy atom. The molecule has 9 aromatic carbocycles. The molecule has 0 saturated heterocycles. The van der Waals surface area contributed by atoms with Gasteiger partial charge in [-0.1, -0.05) is 111 Å². The quantitative estimate of drug-likeness (QED) is 0.0646. The monoisotopic (exact) mass is 1640 g/mol. The van der Waals surface area contributed by atoms with E-state index in [0.29, 0.717) is 109 Å². The van der Waals surface area contributed by atoms with E-state index in [1.807, 2.05) is 186 Å². The van der Waals surface area contributed by atoms with E-state index in [2.05, 4.69) is 51.6 Å². The Morgan fingerprint density at radius 2 is 0.808 bits per heavy atom. The van der Waals surface area contributed by atoms with Gasteiger partial charge in [0, 0.05) is 95.9 Å². The lowest BCUT2D eigenvalue weighted by Gasteiger charge is -2.25. The molecular formula is C96H94F2N12O8S2. The molecule has 2 saturated carbocycles. The highest BCUT2D eigenvalue weighted by atomic mass is 32.2. The van der Waals surface area contributed by atoms with Gasteiger partial charge in [0.1, 0.15) is 45.6 Å². The largest absolute Gasteiger partial charge is 0.462 e. The van der Waals surface area contributed by atoms with Gasteiger partial charge in [-0.2, -0.15) is 0 Å². The third-order valence-corrected chi connectivity index (χ3v) is 22.4. The molecule has 2 aliphatic carbocycles. The molecule has 6 heterocycles. The van der Waals surface area contributed by atoms with Gasteiger partial charge in [-0.3, -0.25) is 9.59 Å². The number of furan rings is 2. The molecule has 0 spiro atoms. The van der Waals surface area contributed by atoms with Crippen LogP contribution in [-0.2, 0) is 15.2 Å². The Balaban J connectivity index is 0.000000132. The van der Waals surface area contributed by atoms with Gasteiger partial charge in [-0.15, -0.1) is 0 Å². The van der Waals surface area contributed by atoms with Gasteiger partial charge in [0.2, 0.25) is 10.2 Å². The van der Waals surface area contributed by atoms with Crippen molar-refractivity contribution in [3.63, 3.8) is 0 Å². The third kappa shape index (κ3) is 19.9. The maximum absolute atomic E-state index is 13.4. The number of rotatable bonds is 20. The molecule has 6 aromatic heterocycles. The van der Waals surface area contributed by atoms with E-state index in [1.54, 1.807) is 67.6 Å². The first kappa shape index (κ1) is 83.9. The summed E-state index contributed by atoms with van der Waals surface area (Å²) in [6.07, 6.45) is 4.39. The van der Waals surface area contributed by atoms with E-state index >= 15 is 0 Å². The predicted molar refractivity (Wildman–Crippen MR) is 480 cm³/mol. The first-order chi connectivity index (χ1) is 57.6. The van der Waals surface area contributed by atoms with Crippen LogP contribution in [0.15, 0.2) is 221 Å². The van der Waals surface area contributed by atoms with Gasteiger partial charge >= 0.3 is 11.9 Å². The summed E-state index contributed by atoms with van der Waals surface area (Å²) >= 11 is 2.64. The van der Waals surface area contributed by atoms with Gasteiger partial charge in [0.15, 0.2) is 34.8 Å². The van der Waals surface area contributed by atoms with Crippen LogP contribution in [0, 0.1) is 11.6 Å². The van der Waals surface area contributed by atoms with Crippen molar-refractivity contribution in [1.82, 2.24) is 39.9 Å². The number of hydrogen-bond acceptors (Lipinski definition) is 22. The van der Waals surface area contributed by atoms with Crippen molar-refractivity contribution >= 4 is 135 Å². The fourth-order valence-electron chi connectivity index (χ4n) is 13.2. The van der Waals surface area contributed by atoms with Crippen LogP contribution in [0.4, 0.5) is 32.1 Å². The highest BCUT2D eigenvalue weighted by molar-refractivity contribution is 8.15. The Kier molecular flexibility index (Phi) is 25.4. The number of carbonyl (C=O) groups is 4. The number of fused-ring (bicyclic) bond motifs is 6. The van der Waals surface area contributed by atoms with Crippen LogP contribution in [-0.4, -0.2) is 132 Å². The van der Waals surface area contributed by atoms with Gasteiger partial charge in [0.05, 0.1) is 68.0 Å². The van der Waals surface area contributed by atoms with Gasteiger partial charge in [-0.05, 0) is 225 Å². The Morgan fingerprint density at radius 3 is 1.20 bits per heavy atom. The van der Waals surface area contributed by atoms with Gasteiger partial charge in [-0.25, -0.2) is 58.2 Å². The van der Waals surface area contributed by atoms with E-state index in [1.165, 1.54) is 47.8 Å². The van der Waals surface area contributed by atoms with Crippen molar-refractivity contribution in [1.29, 1.82) is 0 Å². The van der Waals surface area contributed by atoms with E-state index in [-0.39, 0.29) is 56.7 Å². The number of esters is 2. The molecule has 2 fully saturated rings. The van der Waals surface area contributed by atoms with Crippen molar-refractivity contribution in [2.45, 2.75) is 136 Å². The summed E-state index contributed by atoms with van der Waals surface area (Å²) in [6.45, 7) is 20.0. The van der Waals surface area contributed by atoms with E-state index < -0.39 is 0 Å². The summed E-state index contributed by atoms with van der Waals surface area (Å²) in [6, 6.07) is 65.1. The SMILES string of the molecule is CC(C)OC(=O)c1ccc2nc(-c3ccc(F)cc3)c(N(C)C(C)C)nc2c1.CCOC(=O)c1ccc2nc(-c3ccc(F)cc3)c(N(C)C(C)C)nc2c1.CN(c1nc2cc(C(=O)SC(C)(C)C)ccc2nc1-c1cc2ccccc2o1)C1CC1.CN(c1nc2cc(C(=O)SCc3ccccc3)ccc2nc1-c1cc2ccccc2o1)C1CC1. The lowest BCUT2D eigenvalue weighted by molar-refractivity contribution is 0.0377. The second-order valence-electron chi connectivity index (χ2n) is 31.5. The minimum Gasteiger partial charge on any atom is -0.462 e. The van der Waals surface area contributed by atoms with Gasteiger partial charge < -0.3 is 37.9 Å². The van der Waals surface area contributed by atoms with Crippen molar-refractivity contribution < 1.29 is 46.3 Å². The first-order valence-electron chi connectivity index (χ1n) is 40.1. The molecular weight excluding hydrogens is 1550 g/mol. The maximum Gasteiger partial charge on any atom is 0.338 e. The molecule has 612 valence electrons.